The summed E-state index contributed by atoms with van der Waals surface area (Å²) in [5.74, 6) is 0. The zero-order valence-electron chi connectivity index (χ0n) is 11.3. The smallest absolute Gasteiger partial charge is 0.185 e. The molecule has 0 N–H and O–H groups in total. The van der Waals surface area contributed by atoms with E-state index in [9.17, 15) is 4.79 Å². The third kappa shape index (κ3) is 2.70. The van der Waals surface area contributed by atoms with Gasteiger partial charge < -0.3 is 0 Å². The van der Waals surface area contributed by atoms with Crippen LogP contribution >= 0.6 is 0 Å². The summed E-state index contributed by atoms with van der Waals surface area (Å²) in [5, 5.41) is 2.39. The van der Waals surface area contributed by atoms with Crippen molar-refractivity contribution in [2.75, 3.05) is 0 Å². The molecular formula is C18H20O. The molecule has 0 aliphatic heterocycles. The molecule has 1 aliphatic rings. The molecule has 1 heteroatoms. The van der Waals surface area contributed by atoms with Crippen molar-refractivity contribution in [3.63, 3.8) is 0 Å². The van der Waals surface area contributed by atoms with Crippen molar-refractivity contribution in [1.82, 2.24) is 0 Å². The third-order valence-electron chi connectivity index (χ3n) is 4.13. The summed E-state index contributed by atoms with van der Waals surface area (Å²) >= 11 is 0. The molecule has 0 fully saturated rings. The topological polar surface area (TPSA) is 17.1 Å². The maximum atomic E-state index is 12.6. The number of rotatable bonds is 0. The molecule has 0 aromatic heterocycles. The van der Waals surface area contributed by atoms with E-state index < -0.39 is 0 Å². The first-order valence-electron chi connectivity index (χ1n) is 7.39. The molecule has 0 radical (unpaired) electrons. The predicted octanol–water partition coefficient (Wildman–Crippen LogP) is 4.25. The molecule has 0 saturated carbocycles. The Morgan fingerprint density at radius 3 is 1.68 bits per heavy atom. The average Bonchev–Trinajstić information content (AvgIpc) is 2.55. The lowest BCUT2D eigenvalue weighted by Gasteiger charge is -2.05. The van der Waals surface area contributed by atoms with E-state index in [-0.39, 0.29) is 5.43 Å². The molecule has 0 amide bonds. The van der Waals surface area contributed by atoms with E-state index in [1.165, 1.54) is 30.0 Å². The monoisotopic (exact) mass is 252 g/mol. The molecule has 0 unspecified atom stereocenters. The Hall–Kier alpha value is -1.63. The highest BCUT2D eigenvalue weighted by molar-refractivity contribution is 5.82. The molecule has 1 nitrogen and oxygen atoms in total. The Kier molecular flexibility index (Phi) is 3.63. The van der Waals surface area contributed by atoms with Gasteiger partial charge >= 0.3 is 0 Å². The highest BCUT2D eigenvalue weighted by atomic mass is 16.1. The van der Waals surface area contributed by atoms with Gasteiger partial charge in [-0.25, -0.2) is 0 Å². The molecule has 0 heterocycles. The molecule has 0 saturated heterocycles. The Balaban J connectivity index is 2.23. The lowest BCUT2D eigenvalue weighted by Crippen LogP contribution is -2.12. The van der Waals surface area contributed by atoms with Gasteiger partial charge in [-0.1, -0.05) is 43.5 Å². The van der Waals surface area contributed by atoms with Crippen LogP contribution < -0.4 is 5.43 Å². The second kappa shape index (κ2) is 5.56. The summed E-state index contributed by atoms with van der Waals surface area (Å²) in [5.41, 5.74) is 2.31. The summed E-state index contributed by atoms with van der Waals surface area (Å²) in [6.07, 6.45) is 7.98. The summed E-state index contributed by atoms with van der Waals surface area (Å²) in [6.45, 7) is 0. The number of benzene rings is 1. The Morgan fingerprint density at radius 2 is 1.16 bits per heavy atom. The van der Waals surface area contributed by atoms with E-state index in [1.54, 1.807) is 0 Å². The molecule has 2 aromatic carbocycles. The first kappa shape index (κ1) is 12.4. The van der Waals surface area contributed by atoms with Gasteiger partial charge in [0, 0.05) is 11.1 Å². The van der Waals surface area contributed by atoms with Gasteiger partial charge in [0.1, 0.15) is 0 Å². The van der Waals surface area contributed by atoms with Crippen LogP contribution in [0.1, 0.15) is 43.2 Å². The van der Waals surface area contributed by atoms with E-state index in [1.807, 2.05) is 12.1 Å². The predicted molar refractivity (Wildman–Crippen MR) is 80.7 cm³/mol. The largest absolute Gasteiger partial charge is 0.289 e. The van der Waals surface area contributed by atoms with Crippen LogP contribution in [0.25, 0.3) is 10.8 Å². The number of hydrogen-bond acceptors (Lipinski definition) is 1. The fourth-order valence-electron chi connectivity index (χ4n) is 3.02. The molecule has 3 rings (SSSR count). The Bertz CT molecular complexity index is 589. The van der Waals surface area contributed by atoms with E-state index in [0.717, 1.165) is 36.8 Å². The van der Waals surface area contributed by atoms with Crippen LogP contribution in [-0.4, -0.2) is 0 Å². The van der Waals surface area contributed by atoms with E-state index in [0.29, 0.717) is 0 Å². The van der Waals surface area contributed by atoms with Crippen molar-refractivity contribution < 1.29 is 0 Å². The van der Waals surface area contributed by atoms with Crippen molar-refractivity contribution in [1.29, 1.82) is 0 Å². The molecule has 19 heavy (non-hydrogen) atoms. The lowest BCUT2D eigenvalue weighted by atomic mass is 10.00. The van der Waals surface area contributed by atoms with Gasteiger partial charge in [0.25, 0.3) is 0 Å². The molecule has 2 bridgehead atoms. The van der Waals surface area contributed by atoms with Crippen molar-refractivity contribution >= 4 is 10.8 Å². The minimum absolute atomic E-state index is 0.290. The summed E-state index contributed by atoms with van der Waals surface area (Å²) < 4.78 is 0. The fraction of sp³-hybridized carbons (Fsp3) is 0.389. The van der Waals surface area contributed by atoms with Gasteiger partial charge in [0.15, 0.2) is 5.43 Å². The van der Waals surface area contributed by atoms with Crippen molar-refractivity contribution in [2.24, 2.45) is 0 Å². The Labute approximate surface area is 114 Å². The first-order valence-corrected chi connectivity index (χ1v) is 7.39. The maximum absolute atomic E-state index is 12.6. The van der Waals surface area contributed by atoms with E-state index >= 15 is 0 Å². The normalized spacial score (nSPS) is 16.2. The van der Waals surface area contributed by atoms with Crippen LogP contribution in [0.15, 0.2) is 41.2 Å². The SMILES string of the molecule is O=c1c2cc3ccccc3cc1CCCCCCC2. The number of aryl methyl sites for hydroxylation is 2. The highest BCUT2D eigenvalue weighted by Crippen LogP contribution is 2.18. The number of hydrogen-bond donors (Lipinski definition) is 0. The molecular weight excluding hydrogens is 232 g/mol. The number of fused-ring (bicyclic) bond motifs is 3. The standard InChI is InChI=1S/C18H20O/c19-18-16-10-4-2-1-3-5-11-17(18)13-15-9-7-6-8-14(15)12-16/h6-9,12-13H,1-5,10-11H2. The highest BCUT2D eigenvalue weighted by Gasteiger charge is 2.08. The third-order valence-corrected chi connectivity index (χ3v) is 4.13. The van der Waals surface area contributed by atoms with Crippen LogP contribution in [-0.2, 0) is 12.8 Å². The zero-order valence-corrected chi connectivity index (χ0v) is 11.3. The van der Waals surface area contributed by atoms with E-state index in [2.05, 4.69) is 24.3 Å². The average molecular weight is 252 g/mol. The van der Waals surface area contributed by atoms with Crippen molar-refractivity contribution in [3.8, 4) is 0 Å². The van der Waals surface area contributed by atoms with Gasteiger partial charge in [-0.2, -0.15) is 0 Å². The second-order valence-corrected chi connectivity index (χ2v) is 5.56. The minimum atomic E-state index is 0.290. The van der Waals surface area contributed by atoms with Gasteiger partial charge in [-0.05, 0) is 48.6 Å². The fourth-order valence-corrected chi connectivity index (χ4v) is 3.02. The van der Waals surface area contributed by atoms with E-state index in [4.69, 9.17) is 0 Å². The maximum Gasteiger partial charge on any atom is 0.185 e. The summed E-state index contributed by atoms with van der Waals surface area (Å²) in [6, 6.07) is 12.6. The molecule has 98 valence electrons. The molecule has 0 atom stereocenters. The zero-order chi connectivity index (χ0) is 13.1. The van der Waals surface area contributed by atoms with Gasteiger partial charge in [0.2, 0.25) is 0 Å². The second-order valence-electron chi connectivity index (χ2n) is 5.56. The van der Waals surface area contributed by atoms with Crippen molar-refractivity contribution in [3.05, 3.63) is 57.7 Å². The summed E-state index contributed by atoms with van der Waals surface area (Å²) in [7, 11) is 0. The van der Waals surface area contributed by atoms with Crippen LogP contribution in [0.4, 0.5) is 0 Å². The quantitative estimate of drug-likeness (QED) is 0.685. The molecule has 0 spiro atoms. The van der Waals surface area contributed by atoms with Crippen LogP contribution in [0, 0.1) is 0 Å². The summed E-state index contributed by atoms with van der Waals surface area (Å²) in [4.78, 5) is 12.6. The van der Waals surface area contributed by atoms with Crippen LogP contribution in [0.2, 0.25) is 0 Å². The minimum Gasteiger partial charge on any atom is -0.289 e. The van der Waals surface area contributed by atoms with Crippen molar-refractivity contribution in [2.45, 2.75) is 44.9 Å². The van der Waals surface area contributed by atoms with Gasteiger partial charge in [-0.15, -0.1) is 0 Å². The van der Waals surface area contributed by atoms with Crippen LogP contribution in [0.5, 0.6) is 0 Å². The Morgan fingerprint density at radius 1 is 0.684 bits per heavy atom. The lowest BCUT2D eigenvalue weighted by molar-refractivity contribution is 0.606. The molecule has 2 aromatic rings. The molecule has 1 aliphatic carbocycles. The van der Waals surface area contributed by atoms with Gasteiger partial charge in [0.05, 0.1) is 0 Å². The first-order chi connectivity index (χ1) is 9.34. The van der Waals surface area contributed by atoms with Crippen LogP contribution in [0.3, 0.4) is 0 Å². The van der Waals surface area contributed by atoms with Gasteiger partial charge in [-0.3, -0.25) is 4.79 Å².